The summed E-state index contributed by atoms with van der Waals surface area (Å²) in [7, 11) is 0. The third-order valence-corrected chi connectivity index (χ3v) is 3.79. The maximum absolute atomic E-state index is 12.1. The summed E-state index contributed by atoms with van der Waals surface area (Å²) in [6.45, 7) is 0. The first-order valence-corrected chi connectivity index (χ1v) is 6.22. The summed E-state index contributed by atoms with van der Waals surface area (Å²) in [5, 5.41) is 12.1. The first-order valence-electron chi connectivity index (χ1n) is 5.46. The lowest BCUT2D eigenvalue weighted by Gasteiger charge is -2.38. The summed E-state index contributed by atoms with van der Waals surface area (Å²) in [5.74, 6) is -1.57. The number of halogens is 2. The molecule has 4 nitrogen and oxygen atoms in total. The van der Waals surface area contributed by atoms with Gasteiger partial charge in [0.1, 0.15) is 5.54 Å². The van der Waals surface area contributed by atoms with Crippen LogP contribution in [0.1, 0.15) is 29.6 Å². The van der Waals surface area contributed by atoms with Gasteiger partial charge < -0.3 is 10.4 Å². The molecule has 0 bridgehead atoms. The van der Waals surface area contributed by atoms with Gasteiger partial charge in [0.05, 0.1) is 15.6 Å². The van der Waals surface area contributed by atoms with Crippen LogP contribution in [0.5, 0.6) is 0 Å². The Kier molecular flexibility index (Phi) is 3.50. The molecule has 18 heavy (non-hydrogen) atoms. The highest BCUT2D eigenvalue weighted by molar-refractivity contribution is 6.39. The van der Waals surface area contributed by atoms with Crippen LogP contribution < -0.4 is 5.32 Å². The molecular formula is C12H11Cl2NO3. The van der Waals surface area contributed by atoms with Gasteiger partial charge in [-0.15, -0.1) is 0 Å². The summed E-state index contributed by atoms with van der Waals surface area (Å²) < 4.78 is 0. The van der Waals surface area contributed by atoms with Gasteiger partial charge in [-0.2, -0.15) is 0 Å². The standard InChI is InChI=1S/C12H11Cl2NO3/c13-7-3-1-4-8(14)9(7)10(16)15-12(11(17)18)5-2-6-12/h1,3-4H,2,5-6H2,(H,15,16)(H,17,18). The van der Waals surface area contributed by atoms with Gasteiger partial charge >= 0.3 is 5.97 Å². The van der Waals surface area contributed by atoms with Gasteiger partial charge in [-0.1, -0.05) is 29.3 Å². The van der Waals surface area contributed by atoms with Crippen LogP contribution in [0, 0.1) is 0 Å². The minimum Gasteiger partial charge on any atom is -0.480 e. The predicted octanol–water partition coefficient (Wildman–Crippen LogP) is 2.73. The quantitative estimate of drug-likeness (QED) is 0.898. The number of hydrogen-bond donors (Lipinski definition) is 2. The maximum atomic E-state index is 12.1. The maximum Gasteiger partial charge on any atom is 0.329 e. The van der Waals surface area contributed by atoms with Crippen LogP contribution in [0.25, 0.3) is 0 Å². The van der Waals surface area contributed by atoms with Crippen LogP contribution in [0.3, 0.4) is 0 Å². The highest BCUT2D eigenvalue weighted by Crippen LogP contribution is 2.33. The molecule has 1 aromatic carbocycles. The molecule has 0 atom stereocenters. The monoisotopic (exact) mass is 287 g/mol. The van der Waals surface area contributed by atoms with Crippen molar-refractivity contribution in [1.82, 2.24) is 5.32 Å². The number of carbonyl (C=O) groups is 2. The molecule has 0 heterocycles. The number of carboxylic acid groups (broad SMARTS) is 1. The summed E-state index contributed by atoms with van der Waals surface area (Å²) >= 11 is 11.8. The number of aliphatic carboxylic acids is 1. The molecule has 0 saturated heterocycles. The van der Waals surface area contributed by atoms with Crippen molar-refractivity contribution in [2.45, 2.75) is 24.8 Å². The van der Waals surface area contributed by atoms with Gasteiger partial charge in [0.25, 0.3) is 5.91 Å². The van der Waals surface area contributed by atoms with E-state index in [0.717, 1.165) is 6.42 Å². The van der Waals surface area contributed by atoms with Crippen LogP contribution in [-0.2, 0) is 4.79 Å². The molecule has 96 valence electrons. The molecule has 2 rings (SSSR count). The zero-order chi connectivity index (χ0) is 13.3. The second kappa shape index (κ2) is 4.78. The molecule has 2 N–H and O–H groups in total. The van der Waals surface area contributed by atoms with Gasteiger partial charge in [0.15, 0.2) is 0 Å². The van der Waals surface area contributed by atoms with Crippen molar-refractivity contribution >= 4 is 35.1 Å². The van der Waals surface area contributed by atoms with E-state index in [-0.39, 0.29) is 15.6 Å². The Labute approximate surface area is 114 Å². The zero-order valence-corrected chi connectivity index (χ0v) is 10.9. The van der Waals surface area contributed by atoms with Crippen molar-refractivity contribution in [2.75, 3.05) is 0 Å². The van der Waals surface area contributed by atoms with E-state index in [4.69, 9.17) is 28.3 Å². The lowest BCUT2D eigenvalue weighted by molar-refractivity contribution is -0.148. The average molecular weight is 288 g/mol. The second-order valence-corrected chi connectivity index (χ2v) is 5.11. The van der Waals surface area contributed by atoms with Crippen LogP contribution in [0.15, 0.2) is 18.2 Å². The van der Waals surface area contributed by atoms with E-state index >= 15 is 0 Å². The molecule has 0 spiro atoms. The Morgan fingerprint density at radius 1 is 1.22 bits per heavy atom. The van der Waals surface area contributed by atoms with Gasteiger partial charge in [-0.3, -0.25) is 4.79 Å². The van der Waals surface area contributed by atoms with E-state index in [0.29, 0.717) is 12.8 Å². The zero-order valence-electron chi connectivity index (χ0n) is 9.37. The van der Waals surface area contributed by atoms with Crippen molar-refractivity contribution < 1.29 is 14.7 Å². The number of benzene rings is 1. The number of nitrogens with one attached hydrogen (secondary N) is 1. The molecule has 1 aliphatic rings. The lowest BCUT2D eigenvalue weighted by Crippen LogP contribution is -2.59. The molecule has 0 radical (unpaired) electrons. The topological polar surface area (TPSA) is 66.4 Å². The number of hydrogen-bond acceptors (Lipinski definition) is 2. The predicted molar refractivity (Wildman–Crippen MR) is 68.1 cm³/mol. The van der Waals surface area contributed by atoms with Gasteiger partial charge in [0, 0.05) is 0 Å². The summed E-state index contributed by atoms with van der Waals surface area (Å²) in [6.07, 6.45) is 1.63. The third kappa shape index (κ3) is 2.18. The van der Waals surface area contributed by atoms with E-state index in [9.17, 15) is 9.59 Å². The Hall–Kier alpha value is -1.26. The van der Waals surface area contributed by atoms with Gasteiger partial charge in [0.2, 0.25) is 0 Å². The van der Waals surface area contributed by atoms with Crippen LogP contribution in [0.2, 0.25) is 10.0 Å². The Morgan fingerprint density at radius 3 is 2.17 bits per heavy atom. The first-order chi connectivity index (χ1) is 8.46. The Morgan fingerprint density at radius 2 is 1.78 bits per heavy atom. The SMILES string of the molecule is O=C(NC1(C(=O)O)CCC1)c1c(Cl)cccc1Cl. The van der Waals surface area contributed by atoms with Gasteiger partial charge in [-0.05, 0) is 31.4 Å². The minimum absolute atomic E-state index is 0.119. The van der Waals surface area contributed by atoms with Crippen LogP contribution >= 0.6 is 23.2 Å². The molecule has 1 saturated carbocycles. The molecular weight excluding hydrogens is 277 g/mol. The van der Waals surface area contributed by atoms with Crippen molar-refractivity contribution in [1.29, 1.82) is 0 Å². The largest absolute Gasteiger partial charge is 0.480 e. The van der Waals surface area contributed by atoms with E-state index in [1.54, 1.807) is 6.07 Å². The Balaban J connectivity index is 2.25. The molecule has 1 amide bonds. The highest BCUT2D eigenvalue weighted by Gasteiger charge is 2.46. The lowest BCUT2D eigenvalue weighted by atomic mass is 9.76. The van der Waals surface area contributed by atoms with Crippen LogP contribution in [0.4, 0.5) is 0 Å². The van der Waals surface area contributed by atoms with Crippen molar-refractivity contribution in [2.24, 2.45) is 0 Å². The van der Waals surface area contributed by atoms with Crippen molar-refractivity contribution in [3.63, 3.8) is 0 Å². The highest BCUT2D eigenvalue weighted by atomic mass is 35.5. The van der Waals surface area contributed by atoms with Crippen molar-refractivity contribution in [3.8, 4) is 0 Å². The minimum atomic E-state index is -1.17. The molecule has 1 fully saturated rings. The molecule has 0 aromatic heterocycles. The molecule has 1 aromatic rings. The summed E-state index contributed by atoms with van der Waals surface area (Å²) in [5.41, 5.74) is -1.05. The number of carboxylic acids is 1. The number of carbonyl (C=O) groups excluding carboxylic acids is 1. The molecule has 1 aliphatic carbocycles. The third-order valence-electron chi connectivity index (χ3n) is 3.16. The fourth-order valence-electron chi connectivity index (χ4n) is 1.92. The van der Waals surface area contributed by atoms with E-state index < -0.39 is 17.4 Å². The summed E-state index contributed by atoms with van der Waals surface area (Å²) in [4.78, 5) is 23.2. The second-order valence-electron chi connectivity index (χ2n) is 4.29. The fourth-order valence-corrected chi connectivity index (χ4v) is 2.49. The van der Waals surface area contributed by atoms with Crippen molar-refractivity contribution in [3.05, 3.63) is 33.8 Å². The molecule has 0 aliphatic heterocycles. The van der Waals surface area contributed by atoms with E-state index in [1.165, 1.54) is 12.1 Å². The van der Waals surface area contributed by atoms with Gasteiger partial charge in [-0.25, -0.2) is 4.79 Å². The summed E-state index contributed by atoms with van der Waals surface area (Å²) in [6, 6.07) is 4.70. The smallest absolute Gasteiger partial charge is 0.329 e. The van der Waals surface area contributed by atoms with E-state index in [2.05, 4.69) is 5.32 Å². The molecule has 6 heteroatoms. The fraction of sp³-hybridized carbons (Fsp3) is 0.333. The van der Waals surface area contributed by atoms with Crippen LogP contribution in [-0.4, -0.2) is 22.5 Å². The normalized spacial score (nSPS) is 16.8. The first kappa shape index (κ1) is 13.2. The average Bonchev–Trinajstić information content (AvgIpc) is 2.22. The molecule has 0 unspecified atom stereocenters. The van der Waals surface area contributed by atoms with E-state index in [1.807, 2.05) is 0 Å². The number of rotatable bonds is 3. The number of amides is 1. The Bertz CT molecular complexity index is 492.